The van der Waals surface area contributed by atoms with Crippen molar-refractivity contribution in [3.63, 3.8) is 0 Å². The van der Waals surface area contributed by atoms with Gasteiger partial charge in [0, 0.05) is 38.8 Å². The smallest absolute Gasteiger partial charge is 0.0244 e. The molecule has 0 aromatic rings. The highest BCUT2D eigenvalue weighted by molar-refractivity contribution is 4.81. The van der Waals surface area contributed by atoms with Crippen molar-refractivity contribution in [2.45, 2.75) is 19.9 Å². The summed E-state index contributed by atoms with van der Waals surface area (Å²) < 4.78 is 0. The Kier molecular flexibility index (Phi) is 3.98. The number of nitrogens with one attached hydrogen (secondary N) is 1. The van der Waals surface area contributed by atoms with Crippen LogP contribution in [-0.4, -0.2) is 43.7 Å². The summed E-state index contributed by atoms with van der Waals surface area (Å²) in [5.41, 5.74) is 5.56. The largest absolute Gasteiger partial charge is 0.329 e. The Bertz CT molecular complexity index is 123. The summed E-state index contributed by atoms with van der Waals surface area (Å²) in [4.78, 5) is 2.50. The molecular formula is C9H21N3. The molecule has 0 spiro atoms. The summed E-state index contributed by atoms with van der Waals surface area (Å²) in [6.45, 7) is 9.77. The Balaban J connectivity index is 2.42. The van der Waals surface area contributed by atoms with Gasteiger partial charge in [0.25, 0.3) is 0 Å². The van der Waals surface area contributed by atoms with Crippen LogP contribution in [0.1, 0.15) is 13.8 Å². The number of nitrogens with zero attached hydrogens (tertiary/aromatic N) is 1. The summed E-state index contributed by atoms with van der Waals surface area (Å²) in [6.07, 6.45) is 0. The highest BCUT2D eigenvalue weighted by atomic mass is 15.2. The van der Waals surface area contributed by atoms with Gasteiger partial charge in [0.15, 0.2) is 0 Å². The van der Waals surface area contributed by atoms with Gasteiger partial charge in [0.1, 0.15) is 0 Å². The Morgan fingerprint density at radius 2 is 2.33 bits per heavy atom. The lowest BCUT2D eigenvalue weighted by Gasteiger charge is -2.38. The zero-order valence-corrected chi connectivity index (χ0v) is 8.21. The van der Waals surface area contributed by atoms with Crippen molar-refractivity contribution in [1.82, 2.24) is 10.2 Å². The van der Waals surface area contributed by atoms with Gasteiger partial charge in [-0.15, -0.1) is 0 Å². The molecule has 0 aromatic heterocycles. The monoisotopic (exact) mass is 171 g/mol. The molecule has 0 aliphatic carbocycles. The van der Waals surface area contributed by atoms with Gasteiger partial charge in [-0.25, -0.2) is 0 Å². The molecule has 3 N–H and O–H groups in total. The van der Waals surface area contributed by atoms with Crippen LogP contribution in [0.25, 0.3) is 0 Å². The summed E-state index contributed by atoms with van der Waals surface area (Å²) in [5, 5.41) is 3.42. The van der Waals surface area contributed by atoms with Crippen molar-refractivity contribution >= 4 is 0 Å². The minimum Gasteiger partial charge on any atom is -0.329 e. The molecule has 3 heteroatoms. The highest BCUT2D eigenvalue weighted by Gasteiger charge is 2.23. The molecule has 3 nitrogen and oxygen atoms in total. The van der Waals surface area contributed by atoms with E-state index in [-0.39, 0.29) is 0 Å². The van der Waals surface area contributed by atoms with Crippen LogP contribution in [0.4, 0.5) is 0 Å². The third kappa shape index (κ3) is 2.44. The maximum atomic E-state index is 5.56. The van der Waals surface area contributed by atoms with Crippen molar-refractivity contribution < 1.29 is 0 Å². The average molecular weight is 171 g/mol. The predicted octanol–water partition coefficient (Wildman–Crippen LogP) is -0.125. The van der Waals surface area contributed by atoms with Crippen LogP contribution in [0.15, 0.2) is 0 Å². The van der Waals surface area contributed by atoms with Crippen LogP contribution in [-0.2, 0) is 0 Å². The first-order valence-electron chi connectivity index (χ1n) is 4.90. The van der Waals surface area contributed by atoms with Crippen molar-refractivity contribution in [1.29, 1.82) is 0 Å². The van der Waals surface area contributed by atoms with E-state index >= 15 is 0 Å². The SMILES string of the molecule is CC(C)C1CNCCN1CCN. The van der Waals surface area contributed by atoms with Gasteiger partial charge in [-0.1, -0.05) is 13.8 Å². The fourth-order valence-electron chi connectivity index (χ4n) is 1.87. The maximum Gasteiger partial charge on any atom is 0.0244 e. The third-order valence-electron chi connectivity index (χ3n) is 2.58. The number of hydrogen-bond acceptors (Lipinski definition) is 3. The third-order valence-corrected chi connectivity index (χ3v) is 2.58. The molecule has 1 heterocycles. The fourth-order valence-corrected chi connectivity index (χ4v) is 1.87. The van der Waals surface area contributed by atoms with E-state index in [9.17, 15) is 0 Å². The molecule has 1 aliphatic rings. The molecule has 12 heavy (non-hydrogen) atoms. The average Bonchev–Trinajstić information content (AvgIpc) is 2.05. The summed E-state index contributed by atoms with van der Waals surface area (Å²) in [5.74, 6) is 0.726. The molecule has 1 fully saturated rings. The van der Waals surface area contributed by atoms with Gasteiger partial charge < -0.3 is 11.1 Å². The van der Waals surface area contributed by atoms with Gasteiger partial charge in [0.2, 0.25) is 0 Å². The molecule has 1 aliphatic heterocycles. The minimum atomic E-state index is 0.683. The standard InChI is InChI=1S/C9H21N3/c1-8(2)9-7-11-4-6-12(9)5-3-10/h8-9,11H,3-7,10H2,1-2H3. The number of nitrogens with two attached hydrogens (primary N) is 1. The van der Waals surface area contributed by atoms with Gasteiger partial charge in [-0.2, -0.15) is 0 Å². The molecule has 1 saturated heterocycles. The first-order valence-corrected chi connectivity index (χ1v) is 4.90. The van der Waals surface area contributed by atoms with Crippen molar-refractivity contribution in [2.24, 2.45) is 11.7 Å². The Labute approximate surface area is 75.3 Å². The predicted molar refractivity (Wildman–Crippen MR) is 52.1 cm³/mol. The minimum absolute atomic E-state index is 0.683. The Morgan fingerprint density at radius 3 is 2.92 bits per heavy atom. The maximum absolute atomic E-state index is 5.56. The van der Waals surface area contributed by atoms with E-state index in [4.69, 9.17) is 5.73 Å². The second-order valence-electron chi connectivity index (χ2n) is 3.84. The van der Waals surface area contributed by atoms with Crippen LogP contribution < -0.4 is 11.1 Å². The molecule has 1 atom stereocenters. The van der Waals surface area contributed by atoms with Crippen molar-refractivity contribution in [3.05, 3.63) is 0 Å². The van der Waals surface area contributed by atoms with Gasteiger partial charge in [0.05, 0.1) is 0 Å². The van der Waals surface area contributed by atoms with Crippen LogP contribution >= 0.6 is 0 Å². The van der Waals surface area contributed by atoms with E-state index in [2.05, 4.69) is 24.1 Å². The fraction of sp³-hybridized carbons (Fsp3) is 1.00. The number of rotatable bonds is 3. The Morgan fingerprint density at radius 1 is 1.58 bits per heavy atom. The summed E-state index contributed by atoms with van der Waals surface area (Å²) in [6, 6.07) is 0.683. The number of piperazine rings is 1. The van der Waals surface area contributed by atoms with E-state index in [1.54, 1.807) is 0 Å². The van der Waals surface area contributed by atoms with Crippen molar-refractivity contribution in [3.8, 4) is 0 Å². The molecule has 0 saturated carbocycles. The second kappa shape index (κ2) is 4.80. The zero-order chi connectivity index (χ0) is 8.97. The van der Waals surface area contributed by atoms with Crippen LogP contribution in [0, 0.1) is 5.92 Å². The molecule has 1 unspecified atom stereocenters. The molecule has 72 valence electrons. The first kappa shape index (κ1) is 9.96. The zero-order valence-electron chi connectivity index (χ0n) is 8.21. The van der Waals surface area contributed by atoms with E-state index in [0.29, 0.717) is 6.04 Å². The van der Waals surface area contributed by atoms with Gasteiger partial charge in [-0.05, 0) is 5.92 Å². The number of hydrogen-bond donors (Lipinski definition) is 2. The van der Waals surface area contributed by atoms with Crippen LogP contribution in [0.5, 0.6) is 0 Å². The summed E-state index contributed by atoms with van der Waals surface area (Å²) in [7, 11) is 0. The molecule has 0 amide bonds. The topological polar surface area (TPSA) is 41.3 Å². The lowest BCUT2D eigenvalue weighted by molar-refractivity contribution is 0.128. The second-order valence-corrected chi connectivity index (χ2v) is 3.84. The molecule has 1 rings (SSSR count). The Hall–Kier alpha value is -0.120. The quantitative estimate of drug-likeness (QED) is 0.622. The van der Waals surface area contributed by atoms with Gasteiger partial charge in [-0.3, -0.25) is 4.90 Å². The van der Waals surface area contributed by atoms with Gasteiger partial charge >= 0.3 is 0 Å². The molecule has 0 radical (unpaired) electrons. The lowest BCUT2D eigenvalue weighted by Crippen LogP contribution is -2.54. The van der Waals surface area contributed by atoms with E-state index in [1.165, 1.54) is 0 Å². The van der Waals surface area contributed by atoms with E-state index in [1.807, 2.05) is 0 Å². The normalized spacial score (nSPS) is 26.5. The van der Waals surface area contributed by atoms with E-state index < -0.39 is 0 Å². The molecular weight excluding hydrogens is 150 g/mol. The van der Waals surface area contributed by atoms with Crippen LogP contribution in [0.3, 0.4) is 0 Å². The van der Waals surface area contributed by atoms with Crippen molar-refractivity contribution in [2.75, 3.05) is 32.7 Å². The van der Waals surface area contributed by atoms with E-state index in [0.717, 1.165) is 38.6 Å². The molecule has 0 bridgehead atoms. The van der Waals surface area contributed by atoms with Crippen LogP contribution in [0.2, 0.25) is 0 Å². The highest BCUT2D eigenvalue weighted by Crippen LogP contribution is 2.11. The molecule has 0 aromatic carbocycles. The summed E-state index contributed by atoms with van der Waals surface area (Å²) >= 11 is 0. The lowest BCUT2D eigenvalue weighted by atomic mass is 10.0. The first-order chi connectivity index (χ1) is 5.75.